The van der Waals surface area contributed by atoms with Gasteiger partial charge in [0.2, 0.25) is 5.95 Å². The Bertz CT molecular complexity index is 1010. The monoisotopic (exact) mass is 376 g/mol. The van der Waals surface area contributed by atoms with E-state index in [1.54, 1.807) is 24.9 Å². The maximum Gasteiger partial charge on any atom is 0.329 e. The number of hydrogen-bond acceptors (Lipinski definition) is 5. The van der Waals surface area contributed by atoms with Gasteiger partial charge in [0.25, 0.3) is 5.56 Å². The Kier molecular flexibility index (Phi) is 3.87. The fourth-order valence-electron chi connectivity index (χ4n) is 2.12. The molecule has 2 aromatic heterocycles. The Hall–Kier alpha value is -2.68. The Labute approximate surface area is 138 Å². The summed E-state index contributed by atoms with van der Waals surface area (Å²) in [5, 5.41) is 4.11. The Balaban J connectivity index is 1.95. The molecule has 0 saturated carbocycles. The Morgan fingerprint density at radius 2 is 1.91 bits per heavy atom. The predicted octanol–water partition coefficient (Wildman–Crippen LogP) is 1.17. The third kappa shape index (κ3) is 2.82. The zero-order valence-electron chi connectivity index (χ0n) is 12.4. The highest BCUT2D eigenvalue weighted by atomic mass is 79.9. The number of H-pyrrole nitrogens is 1. The molecule has 2 N–H and O–H groups in total. The quantitative estimate of drug-likeness (QED) is 0.529. The van der Waals surface area contributed by atoms with Crippen LogP contribution in [0.4, 0.5) is 5.95 Å². The minimum atomic E-state index is -0.509. The summed E-state index contributed by atoms with van der Waals surface area (Å²) >= 11 is 3.36. The molecule has 0 atom stereocenters. The predicted molar refractivity (Wildman–Crippen MR) is 91.9 cm³/mol. The van der Waals surface area contributed by atoms with E-state index in [9.17, 15) is 9.59 Å². The lowest BCUT2D eigenvalue weighted by Gasteiger charge is -2.00. The van der Waals surface area contributed by atoms with Crippen LogP contribution in [0.3, 0.4) is 0 Å². The topological polar surface area (TPSA) is 97.1 Å². The molecule has 0 aliphatic heterocycles. The number of nitrogens with zero attached hydrogens (tertiary/aromatic N) is 4. The van der Waals surface area contributed by atoms with E-state index < -0.39 is 11.2 Å². The van der Waals surface area contributed by atoms with Crippen molar-refractivity contribution in [2.45, 2.75) is 0 Å². The molecule has 0 fully saturated rings. The molecule has 2 heterocycles. The van der Waals surface area contributed by atoms with Crippen molar-refractivity contribution in [3.8, 4) is 0 Å². The second-order valence-corrected chi connectivity index (χ2v) is 5.82. The molecule has 3 rings (SSSR count). The molecule has 0 saturated heterocycles. The van der Waals surface area contributed by atoms with Gasteiger partial charge in [0.05, 0.1) is 6.21 Å². The van der Waals surface area contributed by atoms with E-state index in [0.717, 1.165) is 10.0 Å². The average Bonchev–Trinajstić information content (AvgIpc) is 2.85. The highest BCUT2D eigenvalue weighted by Crippen LogP contribution is 2.13. The largest absolute Gasteiger partial charge is 0.329 e. The molecule has 0 aliphatic rings. The zero-order valence-corrected chi connectivity index (χ0v) is 14.0. The van der Waals surface area contributed by atoms with Crippen LogP contribution in [0.15, 0.2) is 43.4 Å². The van der Waals surface area contributed by atoms with Crippen molar-refractivity contribution in [3.63, 3.8) is 0 Å². The number of anilines is 1. The molecule has 23 heavy (non-hydrogen) atoms. The van der Waals surface area contributed by atoms with Crippen LogP contribution in [0.5, 0.6) is 0 Å². The van der Waals surface area contributed by atoms with E-state index in [2.05, 4.69) is 36.4 Å². The number of halogens is 1. The summed E-state index contributed by atoms with van der Waals surface area (Å²) < 4.78 is 3.81. The number of aryl methyl sites for hydroxylation is 2. The van der Waals surface area contributed by atoms with Crippen molar-refractivity contribution >= 4 is 39.3 Å². The zero-order chi connectivity index (χ0) is 16.6. The van der Waals surface area contributed by atoms with Crippen LogP contribution in [-0.2, 0) is 14.1 Å². The highest BCUT2D eigenvalue weighted by Gasteiger charge is 2.14. The number of aromatic nitrogens is 4. The van der Waals surface area contributed by atoms with Gasteiger partial charge in [-0.2, -0.15) is 10.1 Å². The fourth-order valence-corrected chi connectivity index (χ4v) is 2.39. The van der Waals surface area contributed by atoms with Crippen LogP contribution in [0.1, 0.15) is 5.56 Å². The van der Waals surface area contributed by atoms with Crippen molar-refractivity contribution < 1.29 is 0 Å². The lowest BCUT2D eigenvalue weighted by Crippen LogP contribution is -2.29. The maximum atomic E-state index is 11.9. The molecule has 0 bridgehead atoms. The normalized spacial score (nSPS) is 11.4. The molecule has 9 heteroatoms. The van der Waals surface area contributed by atoms with E-state index in [0.29, 0.717) is 17.1 Å². The first-order valence-corrected chi connectivity index (χ1v) is 7.47. The van der Waals surface area contributed by atoms with Crippen LogP contribution in [0, 0.1) is 0 Å². The molecule has 0 unspecified atom stereocenters. The summed E-state index contributed by atoms with van der Waals surface area (Å²) in [6.07, 6.45) is 1.63. The molecular formula is C14H13BrN6O2. The van der Waals surface area contributed by atoms with Crippen molar-refractivity contribution in [2.24, 2.45) is 19.2 Å². The van der Waals surface area contributed by atoms with E-state index in [-0.39, 0.29) is 0 Å². The number of benzene rings is 1. The van der Waals surface area contributed by atoms with Gasteiger partial charge < -0.3 is 4.57 Å². The first kappa shape index (κ1) is 15.2. The summed E-state index contributed by atoms with van der Waals surface area (Å²) in [6, 6.07) is 7.62. The number of hydrazone groups is 1. The molecule has 0 spiro atoms. The molecular weight excluding hydrogens is 364 g/mol. The summed E-state index contributed by atoms with van der Waals surface area (Å²) in [4.78, 5) is 30.0. The first-order chi connectivity index (χ1) is 11.0. The van der Waals surface area contributed by atoms with Crippen molar-refractivity contribution in [1.82, 2.24) is 19.1 Å². The minimum absolute atomic E-state index is 0.294. The molecule has 8 nitrogen and oxygen atoms in total. The van der Waals surface area contributed by atoms with Crippen LogP contribution in [0.25, 0.3) is 11.2 Å². The standard InChI is InChI=1S/C14H13BrN6O2/c1-20-10-11(21(2)14(23)18-12(10)22)17-13(20)19-16-7-8-3-5-9(15)6-4-8/h3-7H,1-2H3,(H,17,19)(H,18,22,23)/b16-7+. The van der Waals surface area contributed by atoms with Crippen molar-refractivity contribution in [1.29, 1.82) is 0 Å². The smallest absolute Gasteiger partial charge is 0.306 e. The van der Waals surface area contributed by atoms with Crippen LogP contribution < -0.4 is 16.7 Å². The second kappa shape index (κ2) is 5.84. The third-order valence-electron chi connectivity index (χ3n) is 3.38. The minimum Gasteiger partial charge on any atom is -0.306 e. The van der Waals surface area contributed by atoms with E-state index in [1.807, 2.05) is 24.3 Å². The first-order valence-electron chi connectivity index (χ1n) is 6.68. The second-order valence-electron chi connectivity index (χ2n) is 4.91. The summed E-state index contributed by atoms with van der Waals surface area (Å²) in [5.41, 5.74) is 3.29. The number of nitrogens with one attached hydrogen (secondary N) is 2. The van der Waals surface area contributed by atoms with Gasteiger partial charge in [0.15, 0.2) is 11.2 Å². The van der Waals surface area contributed by atoms with Crippen molar-refractivity contribution in [3.05, 3.63) is 55.1 Å². The van der Waals surface area contributed by atoms with Gasteiger partial charge in [-0.3, -0.25) is 14.3 Å². The van der Waals surface area contributed by atoms with Gasteiger partial charge in [-0.05, 0) is 17.7 Å². The van der Waals surface area contributed by atoms with Crippen molar-refractivity contribution in [2.75, 3.05) is 5.43 Å². The van der Waals surface area contributed by atoms with Crippen LogP contribution in [0.2, 0.25) is 0 Å². The van der Waals surface area contributed by atoms with Gasteiger partial charge in [-0.25, -0.2) is 10.2 Å². The van der Waals surface area contributed by atoms with E-state index in [1.165, 1.54) is 4.57 Å². The number of hydrogen-bond donors (Lipinski definition) is 2. The SMILES string of the molecule is Cn1c(N/N=C/c2ccc(Br)cc2)nc2c1c(=O)[nH]c(=O)n2C. The molecule has 118 valence electrons. The molecule has 1 aromatic carbocycles. The third-order valence-corrected chi connectivity index (χ3v) is 3.91. The van der Waals surface area contributed by atoms with Crippen LogP contribution >= 0.6 is 15.9 Å². The fraction of sp³-hybridized carbons (Fsp3) is 0.143. The van der Waals surface area contributed by atoms with E-state index in [4.69, 9.17) is 0 Å². The number of imidazole rings is 1. The van der Waals surface area contributed by atoms with Crippen LogP contribution in [-0.4, -0.2) is 25.3 Å². The van der Waals surface area contributed by atoms with Gasteiger partial charge in [0.1, 0.15) is 0 Å². The van der Waals surface area contributed by atoms with Gasteiger partial charge >= 0.3 is 5.69 Å². The summed E-state index contributed by atoms with van der Waals surface area (Å²) in [5.74, 6) is 0.361. The summed E-state index contributed by atoms with van der Waals surface area (Å²) in [7, 11) is 3.22. The lowest BCUT2D eigenvalue weighted by atomic mass is 10.2. The van der Waals surface area contributed by atoms with Gasteiger partial charge in [-0.15, -0.1) is 0 Å². The number of fused-ring (bicyclic) bond motifs is 1. The Morgan fingerprint density at radius 3 is 2.61 bits per heavy atom. The lowest BCUT2D eigenvalue weighted by molar-refractivity contribution is 0.829. The molecule has 3 aromatic rings. The molecule has 0 amide bonds. The molecule has 0 aliphatic carbocycles. The average molecular weight is 377 g/mol. The number of aromatic amines is 1. The number of rotatable bonds is 3. The van der Waals surface area contributed by atoms with E-state index >= 15 is 0 Å². The maximum absolute atomic E-state index is 11.9. The molecule has 0 radical (unpaired) electrons. The van der Waals surface area contributed by atoms with Gasteiger partial charge in [-0.1, -0.05) is 28.1 Å². The summed E-state index contributed by atoms with van der Waals surface area (Å²) in [6.45, 7) is 0. The Morgan fingerprint density at radius 1 is 1.22 bits per heavy atom. The van der Waals surface area contributed by atoms with Gasteiger partial charge in [0, 0.05) is 18.6 Å². The highest BCUT2D eigenvalue weighted by molar-refractivity contribution is 9.10.